The van der Waals surface area contributed by atoms with E-state index in [1.54, 1.807) is 7.05 Å². The lowest BCUT2D eigenvalue weighted by Crippen LogP contribution is -2.16. The first-order valence-corrected chi connectivity index (χ1v) is 6.26. The normalized spacial score (nSPS) is 10.6. The fourth-order valence-electron chi connectivity index (χ4n) is 1.28. The first-order valence-electron chi connectivity index (χ1n) is 5.27. The van der Waals surface area contributed by atoms with Crippen molar-refractivity contribution in [3.63, 3.8) is 0 Å². The number of nitrogens with zero attached hydrogens (tertiary/aromatic N) is 4. The summed E-state index contributed by atoms with van der Waals surface area (Å²) in [6, 6.07) is 1.67. The van der Waals surface area contributed by atoms with Crippen LogP contribution in [0, 0.1) is 17.5 Å². The zero-order valence-electron chi connectivity index (χ0n) is 10.1. The first-order chi connectivity index (χ1) is 9.49. The number of rotatable bonds is 4. The molecule has 0 fully saturated rings. The van der Waals surface area contributed by atoms with Crippen LogP contribution in [-0.4, -0.2) is 31.9 Å². The van der Waals surface area contributed by atoms with Crippen molar-refractivity contribution < 1.29 is 18.0 Å². The number of aromatic nitrogens is 4. The van der Waals surface area contributed by atoms with Gasteiger partial charge in [-0.05, 0) is 22.6 Å². The van der Waals surface area contributed by atoms with E-state index in [-0.39, 0.29) is 5.75 Å². The molecule has 1 aromatic heterocycles. The molecule has 0 aliphatic rings. The Bertz CT molecular complexity index is 648. The van der Waals surface area contributed by atoms with Crippen LogP contribution in [0.5, 0.6) is 0 Å². The van der Waals surface area contributed by atoms with Crippen molar-refractivity contribution in [1.29, 1.82) is 0 Å². The minimum atomic E-state index is -1.63. The molecule has 1 aromatic carbocycles. The molecule has 0 atom stereocenters. The molecule has 0 aliphatic carbocycles. The molecule has 1 N–H and O–H groups in total. The fourth-order valence-corrected chi connectivity index (χ4v) is 1.93. The zero-order chi connectivity index (χ0) is 14.7. The number of benzene rings is 1. The third kappa shape index (κ3) is 3.07. The van der Waals surface area contributed by atoms with Crippen molar-refractivity contribution >= 4 is 23.4 Å². The maximum absolute atomic E-state index is 13.3. The Labute approximate surface area is 115 Å². The van der Waals surface area contributed by atoms with Gasteiger partial charge >= 0.3 is 0 Å². The number of amides is 1. The minimum absolute atomic E-state index is 0.105. The lowest BCUT2D eigenvalue weighted by molar-refractivity contribution is -0.113. The second-order valence-electron chi connectivity index (χ2n) is 3.64. The van der Waals surface area contributed by atoms with Crippen LogP contribution in [0.1, 0.15) is 0 Å². The molecule has 10 heteroatoms. The minimum Gasteiger partial charge on any atom is -0.323 e. The lowest BCUT2D eigenvalue weighted by atomic mass is 10.3. The first kappa shape index (κ1) is 14.3. The summed E-state index contributed by atoms with van der Waals surface area (Å²) in [5, 5.41) is 13.1. The van der Waals surface area contributed by atoms with E-state index in [0.29, 0.717) is 5.16 Å². The van der Waals surface area contributed by atoms with Gasteiger partial charge in [-0.1, -0.05) is 11.8 Å². The number of tetrazole rings is 1. The summed E-state index contributed by atoms with van der Waals surface area (Å²) in [4.78, 5) is 11.6. The van der Waals surface area contributed by atoms with E-state index in [1.165, 1.54) is 4.68 Å². The Hall–Kier alpha value is -2.10. The molecule has 1 heterocycles. The predicted octanol–water partition coefficient (Wildman–Crippen LogP) is 1.36. The molecule has 0 unspecified atom stereocenters. The van der Waals surface area contributed by atoms with Gasteiger partial charge in [-0.2, -0.15) is 0 Å². The van der Waals surface area contributed by atoms with E-state index >= 15 is 0 Å². The van der Waals surface area contributed by atoms with Gasteiger partial charge in [0.1, 0.15) is 0 Å². The number of aryl methyl sites for hydroxylation is 1. The molecule has 0 radical (unpaired) electrons. The quantitative estimate of drug-likeness (QED) is 0.682. The van der Waals surface area contributed by atoms with Crippen LogP contribution in [0.15, 0.2) is 17.3 Å². The van der Waals surface area contributed by atoms with Crippen LogP contribution < -0.4 is 5.32 Å². The van der Waals surface area contributed by atoms with Crippen LogP contribution in [-0.2, 0) is 11.8 Å². The van der Waals surface area contributed by atoms with Crippen LogP contribution in [0.4, 0.5) is 18.9 Å². The predicted molar refractivity (Wildman–Crippen MR) is 64.5 cm³/mol. The summed E-state index contributed by atoms with van der Waals surface area (Å²) >= 11 is 1.02. The molecule has 0 spiro atoms. The maximum Gasteiger partial charge on any atom is 0.234 e. The highest BCUT2D eigenvalue weighted by molar-refractivity contribution is 7.99. The molecule has 2 rings (SSSR count). The van der Waals surface area contributed by atoms with Crippen molar-refractivity contribution in [3.05, 3.63) is 29.6 Å². The van der Waals surface area contributed by atoms with Gasteiger partial charge in [-0.15, -0.1) is 5.10 Å². The summed E-state index contributed by atoms with van der Waals surface area (Å²) in [6.45, 7) is 0. The van der Waals surface area contributed by atoms with Crippen molar-refractivity contribution in [2.75, 3.05) is 11.1 Å². The van der Waals surface area contributed by atoms with Crippen LogP contribution in [0.3, 0.4) is 0 Å². The summed E-state index contributed by atoms with van der Waals surface area (Å²) in [5.74, 6) is -5.09. The average Bonchev–Trinajstić information content (AvgIpc) is 2.83. The highest BCUT2D eigenvalue weighted by Gasteiger charge is 2.15. The Morgan fingerprint density at radius 1 is 1.35 bits per heavy atom. The molecule has 0 bridgehead atoms. The lowest BCUT2D eigenvalue weighted by Gasteiger charge is -2.06. The van der Waals surface area contributed by atoms with Crippen molar-refractivity contribution in [2.45, 2.75) is 5.16 Å². The van der Waals surface area contributed by atoms with E-state index < -0.39 is 29.0 Å². The van der Waals surface area contributed by atoms with Gasteiger partial charge in [0.25, 0.3) is 0 Å². The second kappa shape index (κ2) is 5.90. The Morgan fingerprint density at radius 3 is 2.75 bits per heavy atom. The van der Waals surface area contributed by atoms with E-state index in [2.05, 4.69) is 20.8 Å². The van der Waals surface area contributed by atoms with Gasteiger partial charge in [-0.25, -0.2) is 17.9 Å². The third-order valence-corrected chi connectivity index (χ3v) is 3.23. The number of thioether (sulfide) groups is 1. The molecule has 2 aromatic rings. The SMILES string of the molecule is Cn1nnnc1SCC(=O)Nc1ccc(F)c(F)c1F. The Kier molecular flexibility index (Phi) is 4.23. The molecular weight excluding hydrogens is 295 g/mol. The smallest absolute Gasteiger partial charge is 0.234 e. The molecule has 6 nitrogen and oxygen atoms in total. The van der Waals surface area contributed by atoms with Crippen LogP contribution in [0.2, 0.25) is 0 Å². The second-order valence-corrected chi connectivity index (χ2v) is 4.59. The van der Waals surface area contributed by atoms with Crippen LogP contribution in [0.25, 0.3) is 0 Å². The van der Waals surface area contributed by atoms with E-state index in [1.807, 2.05) is 0 Å². The molecular formula is C10H8F3N5OS. The van der Waals surface area contributed by atoms with Crippen molar-refractivity contribution in [1.82, 2.24) is 20.2 Å². The summed E-state index contributed by atoms with van der Waals surface area (Å²) < 4.78 is 40.4. The Balaban J connectivity index is 1.98. The number of nitrogens with one attached hydrogen (secondary N) is 1. The molecule has 0 saturated heterocycles. The number of carbonyl (C=O) groups is 1. The van der Waals surface area contributed by atoms with E-state index in [9.17, 15) is 18.0 Å². The highest BCUT2D eigenvalue weighted by Crippen LogP contribution is 2.20. The van der Waals surface area contributed by atoms with Gasteiger partial charge in [0.2, 0.25) is 11.1 Å². The fraction of sp³-hybridized carbons (Fsp3) is 0.200. The topological polar surface area (TPSA) is 72.7 Å². The number of anilines is 1. The molecule has 106 valence electrons. The molecule has 0 aliphatic heterocycles. The zero-order valence-corrected chi connectivity index (χ0v) is 10.9. The molecule has 20 heavy (non-hydrogen) atoms. The number of hydrogen-bond acceptors (Lipinski definition) is 5. The van der Waals surface area contributed by atoms with Crippen LogP contribution >= 0.6 is 11.8 Å². The standard InChI is InChI=1S/C10H8F3N5OS/c1-18-10(15-16-17-18)20-4-7(19)14-6-3-2-5(11)8(12)9(6)13/h2-3H,4H2,1H3,(H,14,19). The van der Waals surface area contributed by atoms with E-state index in [0.717, 1.165) is 23.9 Å². The number of halogens is 3. The summed E-state index contributed by atoms with van der Waals surface area (Å²) in [6.07, 6.45) is 0. The molecule has 0 saturated carbocycles. The number of hydrogen-bond donors (Lipinski definition) is 1. The van der Waals surface area contributed by atoms with Gasteiger partial charge in [0.05, 0.1) is 11.4 Å². The third-order valence-electron chi connectivity index (χ3n) is 2.22. The summed E-state index contributed by atoms with van der Waals surface area (Å²) in [7, 11) is 1.59. The number of carbonyl (C=O) groups excluding carboxylic acids is 1. The summed E-state index contributed by atoms with van der Waals surface area (Å²) in [5.41, 5.74) is -0.425. The Morgan fingerprint density at radius 2 is 2.10 bits per heavy atom. The van der Waals surface area contributed by atoms with Crippen molar-refractivity contribution in [2.24, 2.45) is 7.05 Å². The van der Waals surface area contributed by atoms with Gasteiger partial charge < -0.3 is 5.32 Å². The highest BCUT2D eigenvalue weighted by atomic mass is 32.2. The largest absolute Gasteiger partial charge is 0.323 e. The van der Waals surface area contributed by atoms with Gasteiger partial charge in [-0.3, -0.25) is 4.79 Å². The monoisotopic (exact) mass is 303 g/mol. The molecule has 1 amide bonds. The van der Waals surface area contributed by atoms with Crippen molar-refractivity contribution in [3.8, 4) is 0 Å². The van der Waals surface area contributed by atoms with E-state index in [4.69, 9.17) is 0 Å². The average molecular weight is 303 g/mol. The maximum atomic E-state index is 13.3. The van der Waals surface area contributed by atoms with Gasteiger partial charge in [0, 0.05) is 7.05 Å². The van der Waals surface area contributed by atoms with Gasteiger partial charge in [0.15, 0.2) is 17.5 Å².